The maximum Gasteiger partial charge on any atom is 0.381 e. The molecule has 194 valence electrons. The molecule has 36 heavy (non-hydrogen) atoms. The molecule has 1 heterocycles. The van der Waals surface area contributed by atoms with Crippen LogP contribution in [0.1, 0.15) is 35.5 Å². The fourth-order valence-electron chi connectivity index (χ4n) is 3.39. The van der Waals surface area contributed by atoms with E-state index in [1.807, 2.05) is 60.7 Å². The zero-order valence-electron chi connectivity index (χ0n) is 20.7. The first kappa shape index (κ1) is 27.7. The number of nitrogens with one attached hydrogen (secondary N) is 1. The Morgan fingerprint density at radius 1 is 0.889 bits per heavy atom. The maximum atomic E-state index is 13.6. The van der Waals surface area contributed by atoms with Crippen molar-refractivity contribution in [3.8, 4) is 0 Å². The molecule has 0 saturated heterocycles. The van der Waals surface area contributed by atoms with Gasteiger partial charge in [0.15, 0.2) is 11.1 Å². The fourth-order valence-corrected chi connectivity index (χ4v) is 5.19. The van der Waals surface area contributed by atoms with Crippen LogP contribution in [0.3, 0.4) is 0 Å². The molecule has 0 saturated carbocycles. The summed E-state index contributed by atoms with van der Waals surface area (Å²) in [5.74, 6) is -0.534. The number of amides is 1. The van der Waals surface area contributed by atoms with Crippen molar-refractivity contribution >= 4 is 18.9 Å². The summed E-state index contributed by atoms with van der Waals surface area (Å²) in [6.07, 6.45) is 0. The van der Waals surface area contributed by atoms with E-state index in [-0.39, 0.29) is 44.0 Å². The van der Waals surface area contributed by atoms with E-state index in [9.17, 15) is 9.36 Å². The van der Waals surface area contributed by atoms with Crippen LogP contribution >= 0.6 is 7.60 Å². The Kier molecular flexibility index (Phi) is 11.3. The van der Waals surface area contributed by atoms with E-state index >= 15 is 0 Å². The van der Waals surface area contributed by atoms with Crippen molar-refractivity contribution in [1.29, 1.82) is 0 Å². The molecule has 0 aliphatic heterocycles. The Bertz CT molecular complexity index is 1100. The van der Waals surface area contributed by atoms with E-state index in [1.165, 1.54) is 4.68 Å². The molecule has 0 bridgehead atoms. The summed E-state index contributed by atoms with van der Waals surface area (Å²) in [6.45, 7) is 5.80. The van der Waals surface area contributed by atoms with Crippen molar-refractivity contribution < 1.29 is 27.9 Å². The minimum Gasteiger partial charge on any atom is -0.377 e. The highest BCUT2D eigenvalue weighted by Gasteiger charge is 2.38. The molecule has 0 aliphatic carbocycles. The van der Waals surface area contributed by atoms with Gasteiger partial charge in [-0.3, -0.25) is 9.36 Å². The maximum absolute atomic E-state index is 13.6. The van der Waals surface area contributed by atoms with Crippen LogP contribution in [0.4, 0.5) is 0 Å². The van der Waals surface area contributed by atoms with Gasteiger partial charge in [-0.15, -0.1) is 5.10 Å². The van der Waals surface area contributed by atoms with Crippen LogP contribution in [0, 0.1) is 0 Å². The van der Waals surface area contributed by atoms with Crippen molar-refractivity contribution in [2.75, 3.05) is 39.6 Å². The standard InChI is InChI=1S/C25H33N4O6P/c1-3-34-36(31,35-4-2)25-23(27-28-29(25)19-21-11-7-5-8-12-21)24(30)26-15-16-32-17-18-33-20-22-13-9-6-10-14-22/h5-14H,3-4,15-20H2,1-2H3,(H,26,30). The van der Waals surface area contributed by atoms with Crippen LogP contribution < -0.4 is 10.8 Å². The third kappa shape index (κ3) is 8.08. The fraction of sp³-hybridized carbons (Fsp3) is 0.400. The predicted molar refractivity (Wildman–Crippen MR) is 135 cm³/mol. The van der Waals surface area contributed by atoms with Crippen LogP contribution in [0.2, 0.25) is 0 Å². The van der Waals surface area contributed by atoms with Crippen molar-refractivity contribution in [3.05, 3.63) is 77.5 Å². The number of carbonyl (C=O) groups excluding carboxylic acids is 1. The number of rotatable bonds is 16. The molecule has 3 aromatic rings. The Hall–Kier alpha value is -2.88. The molecule has 10 nitrogen and oxygen atoms in total. The van der Waals surface area contributed by atoms with Crippen molar-refractivity contribution in [2.45, 2.75) is 27.0 Å². The first-order valence-electron chi connectivity index (χ1n) is 11.9. The van der Waals surface area contributed by atoms with Gasteiger partial charge in [-0.2, -0.15) is 0 Å². The van der Waals surface area contributed by atoms with Gasteiger partial charge in [0.25, 0.3) is 5.91 Å². The van der Waals surface area contributed by atoms with Gasteiger partial charge in [0, 0.05) is 6.54 Å². The number of nitrogens with zero attached hydrogens (tertiary/aromatic N) is 3. The highest BCUT2D eigenvalue weighted by atomic mass is 31.2. The molecule has 11 heteroatoms. The summed E-state index contributed by atoms with van der Waals surface area (Å²) in [7, 11) is -3.84. The molecule has 3 rings (SSSR count). The molecule has 1 aromatic heterocycles. The number of benzene rings is 2. The largest absolute Gasteiger partial charge is 0.381 e. The Morgan fingerprint density at radius 2 is 1.50 bits per heavy atom. The van der Waals surface area contributed by atoms with Gasteiger partial charge in [0.1, 0.15) is 0 Å². The molecule has 0 atom stereocenters. The minimum absolute atomic E-state index is 0.0304. The van der Waals surface area contributed by atoms with E-state index in [1.54, 1.807) is 13.8 Å². The van der Waals surface area contributed by atoms with Gasteiger partial charge in [-0.25, -0.2) is 4.68 Å². The second-order valence-electron chi connectivity index (χ2n) is 7.64. The van der Waals surface area contributed by atoms with Gasteiger partial charge < -0.3 is 23.8 Å². The van der Waals surface area contributed by atoms with E-state index in [0.717, 1.165) is 11.1 Å². The van der Waals surface area contributed by atoms with Crippen LogP contribution in [-0.4, -0.2) is 60.5 Å². The smallest absolute Gasteiger partial charge is 0.377 e. The summed E-state index contributed by atoms with van der Waals surface area (Å²) in [4.78, 5) is 12.9. The second-order valence-corrected chi connectivity index (χ2v) is 9.58. The molecule has 0 radical (unpaired) electrons. The van der Waals surface area contributed by atoms with Gasteiger partial charge in [-0.05, 0) is 25.0 Å². The summed E-state index contributed by atoms with van der Waals surface area (Å²) >= 11 is 0. The van der Waals surface area contributed by atoms with Gasteiger partial charge in [0.2, 0.25) is 0 Å². The molecule has 2 aromatic carbocycles. The number of hydrogen-bond acceptors (Lipinski definition) is 8. The summed E-state index contributed by atoms with van der Waals surface area (Å²) in [6, 6.07) is 19.3. The number of carbonyl (C=O) groups is 1. The zero-order valence-corrected chi connectivity index (χ0v) is 21.6. The molecular formula is C25H33N4O6P. The van der Waals surface area contributed by atoms with E-state index in [0.29, 0.717) is 19.8 Å². The van der Waals surface area contributed by atoms with Crippen LogP contribution in [0.25, 0.3) is 0 Å². The molecule has 1 N–H and O–H groups in total. The molecule has 1 amide bonds. The SMILES string of the molecule is CCOP(=O)(OCC)c1c(C(=O)NCCOCCOCc2ccccc2)nnn1Cc1ccccc1. The van der Waals surface area contributed by atoms with Crippen molar-refractivity contribution in [1.82, 2.24) is 20.3 Å². The highest BCUT2D eigenvalue weighted by molar-refractivity contribution is 7.62. The van der Waals surface area contributed by atoms with Gasteiger partial charge >= 0.3 is 7.60 Å². The first-order chi connectivity index (χ1) is 17.6. The quantitative estimate of drug-likeness (QED) is 0.228. The predicted octanol–water partition coefficient (Wildman–Crippen LogP) is 3.18. The molecule has 0 spiro atoms. The number of ether oxygens (including phenoxy) is 2. The van der Waals surface area contributed by atoms with E-state index in [2.05, 4.69) is 15.6 Å². The van der Waals surface area contributed by atoms with Crippen LogP contribution in [0.15, 0.2) is 60.7 Å². The van der Waals surface area contributed by atoms with Crippen LogP contribution in [0.5, 0.6) is 0 Å². The zero-order chi connectivity index (χ0) is 25.6. The van der Waals surface area contributed by atoms with Crippen molar-refractivity contribution in [2.24, 2.45) is 0 Å². The topological polar surface area (TPSA) is 114 Å². The third-order valence-electron chi connectivity index (χ3n) is 4.97. The highest BCUT2D eigenvalue weighted by Crippen LogP contribution is 2.47. The molecular weight excluding hydrogens is 483 g/mol. The average molecular weight is 517 g/mol. The summed E-state index contributed by atoms with van der Waals surface area (Å²) in [5, 5.41) is 10.8. The van der Waals surface area contributed by atoms with Crippen molar-refractivity contribution in [3.63, 3.8) is 0 Å². The Labute approximate surface area is 211 Å². The lowest BCUT2D eigenvalue weighted by Gasteiger charge is -2.18. The summed E-state index contributed by atoms with van der Waals surface area (Å²) in [5.41, 5.74) is 1.93. The van der Waals surface area contributed by atoms with E-state index in [4.69, 9.17) is 18.5 Å². The Morgan fingerprint density at radius 3 is 2.14 bits per heavy atom. The van der Waals surface area contributed by atoms with E-state index < -0.39 is 13.5 Å². The van der Waals surface area contributed by atoms with Crippen LogP contribution in [-0.2, 0) is 36.2 Å². The number of hydrogen-bond donors (Lipinski definition) is 1. The number of aromatic nitrogens is 3. The third-order valence-corrected chi connectivity index (χ3v) is 7.13. The molecule has 0 aliphatic rings. The summed E-state index contributed by atoms with van der Waals surface area (Å²) < 4.78 is 37.2. The Balaban J connectivity index is 1.57. The first-order valence-corrected chi connectivity index (χ1v) is 13.5. The molecule has 0 fully saturated rings. The normalized spacial score (nSPS) is 11.5. The molecule has 0 unspecified atom stereocenters. The minimum atomic E-state index is -3.84. The van der Waals surface area contributed by atoms with Gasteiger partial charge in [-0.1, -0.05) is 65.9 Å². The lowest BCUT2D eigenvalue weighted by molar-refractivity contribution is 0.0412. The lowest BCUT2D eigenvalue weighted by atomic mass is 10.2. The lowest BCUT2D eigenvalue weighted by Crippen LogP contribution is -2.34. The van der Waals surface area contributed by atoms with Gasteiger partial charge in [0.05, 0.1) is 46.2 Å². The monoisotopic (exact) mass is 516 g/mol. The average Bonchev–Trinajstić information content (AvgIpc) is 3.31. The second kappa shape index (κ2) is 14.6.